The molecule has 3 rings (SSSR count). The molecule has 2 aliphatic rings. The molecule has 1 aliphatic carbocycles. The van der Waals surface area contributed by atoms with Gasteiger partial charge in [-0.3, -0.25) is 4.90 Å². The summed E-state index contributed by atoms with van der Waals surface area (Å²) < 4.78 is 43.4. The van der Waals surface area contributed by atoms with Gasteiger partial charge in [-0.2, -0.15) is 13.2 Å². The molecule has 0 spiro atoms. The van der Waals surface area contributed by atoms with Crippen LogP contribution in [0.15, 0.2) is 24.8 Å². The van der Waals surface area contributed by atoms with Crippen molar-refractivity contribution in [2.24, 2.45) is 5.92 Å². The Bertz CT molecular complexity index is 649. The standard InChI is InChI=1S/C17H25NO2S.C2HF3O2/c1-3-7-19-12-14-9-16-17(10-14)20-8-6-18(16)11-15-5-4-13(2)21-15;3-2(4,5)1(6)7/h3-5,14,16-17H,1,6-12H2,2H3;(H,6,7)/t14?,16-,17-;/m1./s1. The molecular weight excluding hydrogens is 395 g/mol. The molecule has 0 radical (unpaired) electrons. The molecule has 0 amide bonds. The molecule has 1 aromatic rings. The van der Waals surface area contributed by atoms with Crippen molar-refractivity contribution in [2.75, 3.05) is 26.4 Å². The number of aryl methyl sites for hydroxylation is 1. The lowest BCUT2D eigenvalue weighted by Gasteiger charge is -2.37. The lowest BCUT2D eigenvalue weighted by Crippen LogP contribution is -2.47. The molecule has 2 fully saturated rings. The second-order valence-corrected chi connectivity index (χ2v) is 8.30. The smallest absolute Gasteiger partial charge is 0.475 e. The fourth-order valence-electron chi connectivity index (χ4n) is 3.55. The van der Waals surface area contributed by atoms with E-state index in [1.165, 1.54) is 16.2 Å². The highest BCUT2D eigenvalue weighted by atomic mass is 32.1. The number of hydrogen-bond donors (Lipinski definition) is 1. The molecule has 5 nitrogen and oxygen atoms in total. The average molecular weight is 421 g/mol. The van der Waals surface area contributed by atoms with Crippen LogP contribution in [-0.2, 0) is 20.8 Å². The van der Waals surface area contributed by atoms with Crippen LogP contribution in [0.5, 0.6) is 0 Å². The molecule has 9 heteroatoms. The summed E-state index contributed by atoms with van der Waals surface area (Å²) in [5.74, 6) is -2.13. The highest BCUT2D eigenvalue weighted by Crippen LogP contribution is 2.35. The molecule has 158 valence electrons. The van der Waals surface area contributed by atoms with Gasteiger partial charge in [0.2, 0.25) is 0 Å². The highest BCUT2D eigenvalue weighted by Gasteiger charge is 2.41. The van der Waals surface area contributed by atoms with Crippen molar-refractivity contribution in [3.63, 3.8) is 0 Å². The van der Waals surface area contributed by atoms with Crippen molar-refractivity contribution in [1.29, 1.82) is 0 Å². The number of halogens is 3. The monoisotopic (exact) mass is 421 g/mol. The minimum absolute atomic E-state index is 0.400. The number of nitrogens with zero attached hydrogens (tertiary/aromatic N) is 1. The fraction of sp³-hybridized carbons (Fsp3) is 0.632. The predicted molar refractivity (Wildman–Crippen MR) is 100 cm³/mol. The third-order valence-electron chi connectivity index (χ3n) is 4.74. The Balaban J connectivity index is 0.000000345. The second kappa shape index (κ2) is 10.4. The van der Waals surface area contributed by atoms with E-state index in [0.29, 0.717) is 24.7 Å². The summed E-state index contributed by atoms with van der Waals surface area (Å²) in [4.78, 5) is 14.4. The summed E-state index contributed by atoms with van der Waals surface area (Å²) >= 11 is 1.91. The van der Waals surface area contributed by atoms with Crippen LogP contribution in [0.1, 0.15) is 22.6 Å². The van der Waals surface area contributed by atoms with Crippen LogP contribution >= 0.6 is 11.3 Å². The average Bonchev–Trinajstić information content (AvgIpc) is 3.21. The zero-order chi connectivity index (χ0) is 20.7. The number of carbonyl (C=O) groups is 1. The molecule has 0 aromatic carbocycles. The number of alkyl halides is 3. The van der Waals surface area contributed by atoms with E-state index in [9.17, 15) is 13.2 Å². The minimum Gasteiger partial charge on any atom is -0.475 e. The first-order chi connectivity index (χ1) is 13.2. The first-order valence-electron chi connectivity index (χ1n) is 9.10. The Morgan fingerprint density at radius 3 is 2.75 bits per heavy atom. The van der Waals surface area contributed by atoms with Gasteiger partial charge >= 0.3 is 12.1 Å². The van der Waals surface area contributed by atoms with Crippen LogP contribution in [0.2, 0.25) is 0 Å². The van der Waals surface area contributed by atoms with Crippen molar-refractivity contribution < 1.29 is 32.5 Å². The number of aliphatic carboxylic acids is 1. The van der Waals surface area contributed by atoms with Crippen molar-refractivity contribution in [1.82, 2.24) is 4.90 Å². The molecule has 1 aromatic heterocycles. The van der Waals surface area contributed by atoms with E-state index < -0.39 is 12.1 Å². The number of ether oxygens (including phenoxy) is 2. The van der Waals surface area contributed by atoms with Crippen molar-refractivity contribution in [3.05, 3.63) is 34.5 Å². The molecule has 2 heterocycles. The zero-order valence-corrected chi connectivity index (χ0v) is 16.6. The summed E-state index contributed by atoms with van der Waals surface area (Å²) in [5, 5.41) is 7.12. The summed E-state index contributed by atoms with van der Waals surface area (Å²) in [6.07, 6.45) is -0.519. The van der Waals surface area contributed by atoms with Gasteiger partial charge in [0.25, 0.3) is 0 Å². The van der Waals surface area contributed by atoms with Gasteiger partial charge in [-0.05, 0) is 37.8 Å². The van der Waals surface area contributed by atoms with Crippen LogP contribution < -0.4 is 0 Å². The maximum absolute atomic E-state index is 10.6. The van der Waals surface area contributed by atoms with Crippen LogP contribution in [0.4, 0.5) is 13.2 Å². The fourth-order valence-corrected chi connectivity index (χ4v) is 4.46. The first-order valence-corrected chi connectivity index (χ1v) is 9.92. The van der Waals surface area contributed by atoms with Crippen molar-refractivity contribution >= 4 is 17.3 Å². The summed E-state index contributed by atoms with van der Waals surface area (Å²) in [7, 11) is 0. The van der Waals surface area contributed by atoms with Gasteiger partial charge in [0.1, 0.15) is 0 Å². The number of carboxylic acids is 1. The topological polar surface area (TPSA) is 59.0 Å². The van der Waals surface area contributed by atoms with Gasteiger partial charge in [0.05, 0.1) is 19.3 Å². The number of rotatable bonds is 6. The summed E-state index contributed by atoms with van der Waals surface area (Å²) in [6.45, 7) is 10.4. The van der Waals surface area contributed by atoms with E-state index >= 15 is 0 Å². The normalized spacial score (nSPS) is 24.9. The number of fused-ring (bicyclic) bond motifs is 1. The van der Waals surface area contributed by atoms with Gasteiger partial charge in [-0.1, -0.05) is 6.08 Å². The number of thiophene rings is 1. The second-order valence-electron chi connectivity index (χ2n) is 6.93. The van der Waals surface area contributed by atoms with E-state index in [-0.39, 0.29) is 0 Å². The van der Waals surface area contributed by atoms with Crippen LogP contribution in [0, 0.1) is 12.8 Å². The van der Waals surface area contributed by atoms with Gasteiger partial charge in [0, 0.05) is 35.5 Å². The van der Waals surface area contributed by atoms with E-state index in [1.54, 1.807) is 0 Å². The third-order valence-corrected chi connectivity index (χ3v) is 5.72. The number of carboxylic acid groups (broad SMARTS) is 1. The lowest BCUT2D eigenvalue weighted by molar-refractivity contribution is -0.192. The maximum Gasteiger partial charge on any atom is 0.490 e. The molecule has 1 saturated heterocycles. The molecule has 1 N–H and O–H groups in total. The first kappa shape index (κ1) is 22.9. The zero-order valence-electron chi connectivity index (χ0n) is 15.8. The van der Waals surface area contributed by atoms with Gasteiger partial charge < -0.3 is 14.6 Å². The van der Waals surface area contributed by atoms with E-state index in [4.69, 9.17) is 19.4 Å². The Morgan fingerprint density at radius 2 is 2.18 bits per heavy atom. The molecule has 1 saturated carbocycles. The molecule has 0 bridgehead atoms. The largest absolute Gasteiger partial charge is 0.490 e. The lowest BCUT2D eigenvalue weighted by atomic mass is 10.1. The molecule has 1 unspecified atom stereocenters. The Hall–Kier alpha value is -1.42. The molecule has 3 atom stereocenters. The van der Waals surface area contributed by atoms with Gasteiger partial charge in [0.15, 0.2) is 0 Å². The Kier molecular flexibility index (Phi) is 8.48. The number of morpholine rings is 1. The molecular formula is C19H26F3NO4S. The van der Waals surface area contributed by atoms with E-state index in [2.05, 4.69) is 30.5 Å². The van der Waals surface area contributed by atoms with E-state index in [0.717, 1.165) is 32.7 Å². The summed E-state index contributed by atoms with van der Waals surface area (Å²) in [6, 6.07) is 5.06. The van der Waals surface area contributed by atoms with E-state index in [1.807, 2.05) is 17.4 Å². The van der Waals surface area contributed by atoms with Gasteiger partial charge in [-0.25, -0.2) is 4.79 Å². The predicted octanol–water partition coefficient (Wildman–Crippen LogP) is 3.87. The third kappa shape index (κ3) is 6.88. The Labute approximate surface area is 166 Å². The maximum atomic E-state index is 10.6. The van der Waals surface area contributed by atoms with Crippen molar-refractivity contribution in [2.45, 2.75) is 44.6 Å². The van der Waals surface area contributed by atoms with Gasteiger partial charge in [-0.15, -0.1) is 17.9 Å². The van der Waals surface area contributed by atoms with Crippen LogP contribution in [0.3, 0.4) is 0 Å². The number of hydrogen-bond acceptors (Lipinski definition) is 5. The van der Waals surface area contributed by atoms with Crippen LogP contribution in [-0.4, -0.2) is 60.7 Å². The molecule has 28 heavy (non-hydrogen) atoms. The minimum atomic E-state index is -5.08. The van der Waals surface area contributed by atoms with Crippen molar-refractivity contribution in [3.8, 4) is 0 Å². The van der Waals surface area contributed by atoms with Crippen LogP contribution in [0.25, 0.3) is 0 Å². The quantitative estimate of drug-likeness (QED) is 0.558. The Morgan fingerprint density at radius 1 is 1.46 bits per heavy atom. The summed E-state index contributed by atoms with van der Waals surface area (Å²) in [5.41, 5.74) is 0. The highest BCUT2D eigenvalue weighted by molar-refractivity contribution is 7.11. The SMILES string of the molecule is C=CCOCC1C[C@@H]2[C@@H](C1)OCCN2Cc1ccc(C)s1.O=C(O)C(F)(F)F. The molecule has 1 aliphatic heterocycles.